The van der Waals surface area contributed by atoms with Gasteiger partial charge in [-0.3, -0.25) is 9.59 Å². The molecular weight excluding hydrogens is 242 g/mol. The minimum atomic E-state index is -0.652. The predicted octanol–water partition coefficient (Wildman–Crippen LogP) is 1.06. The molecule has 19 heavy (non-hydrogen) atoms. The van der Waals surface area contributed by atoms with E-state index in [-0.39, 0.29) is 17.8 Å². The van der Waals surface area contributed by atoms with Crippen molar-refractivity contribution in [3.63, 3.8) is 0 Å². The first-order valence-electron chi connectivity index (χ1n) is 5.76. The van der Waals surface area contributed by atoms with Crippen molar-refractivity contribution in [2.45, 2.75) is 6.54 Å². The minimum Gasteiger partial charge on any atom is -0.364 e. The van der Waals surface area contributed by atoms with Crippen LogP contribution in [0.15, 0.2) is 53.3 Å². The van der Waals surface area contributed by atoms with Crippen LogP contribution in [-0.4, -0.2) is 15.7 Å². The zero-order valence-corrected chi connectivity index (χ0v) is 10.2. The first-order valence-corrected chi connectivity index (χ1v) is 5.76. The fraction of sp³-hybridized carbons (Fsp3) is 0.0714. The van der Waals surface area contributed by atoms with E-state index in [4.69, 9.17) is 5.73 Å². The Balaban J connectivity index is 2.15. The summed E-state index contributed by atoms with van der Waals surface area (Å²) in [7, 11) is 0. The fourth-order valence-corrected chi connectivity index (χ4v) is 1.56. The molecular formula is C14H13N3O2. The molecule has 0 saturated heterocycles. The van der Waals surface area contributed by atoms with E-state index in [1.807, 2.05) is 36.4 Å². The zero-order valence-electron chi connectivity index (χ0n) is 10.2. The van der Waals surface area contributed by atoms with Gasteiger partial charge in [-0.05, 0) is 11.6 Å². The van der Waals surface area contributed by atoms with E-state index in [9.17, 15) is 9.59 Å². The lowest BCUT2D eigenvalue weighted by Gasteiger charge is -2.01. The highest BCUT2D eigenvalue weighted by atomic mass is 16.1. The van der Waals surface area contributed by atoms with Crippen LogP contribution >= 0.6 is 0 Å². The number of nitrogens with two attached hydrogens (primary N) is 1. The highest BCUT2D eigenvalue weighted by molar-refractivity contribution is 5.90. The first kappa shape index (κ1) is 12.8. The van der Waals surface area contributed by atoms with E-state index in [1.54, 1.807) is 6.08 Å². The van der Waals surface area contributed by atoms with Crippen LogP contribution in [0.2, 0.25) is 0 Å². The Kier molecular flexibility index (Phi) is 3.87. The van der Waals surface area contributed by atoms with E-state index in [0.717, 1.165) is 5.56 Å². The minimum absolute atomic E-state index is 0.0766. The number of hydrogen-bond acceptors (Lipinski definition) is 3. The quantitative estimate of drug-likeness (QED) is 0.887. The SMILES string of the molecule is NC(=O)c1ccc(=O)n(CC=Cc2ccccc2)n1. The second kappa shape index (κ2) is 5.77. The second-order valence-electron chi connectivity index (χ2n) is 3.92. The number of aromatic nitrogens is 2. The van der Waals surface area contributed by atoms with Gasteiger partial charge in [0.1, 0.15) is 5.69 Å². The molecule has 0 fully saturated rings. The van der Waals surface area contributed by atoms with Crippen LogP contribution in [-0.2, 0) is 6.54 Å². The molecule has 1 aromatic carbocycles. The summed E-state index contributed by atoms with van der Waals surface area (Å²) in [6.45, 7) is 0.287. The number of carbonyl (C=O) groups is 1. The number of nitrogens with zero attached hydrogens (tertiary/aromatic N) is 2. The molecule has 0 radical (unpaired) electrons. The monoisotopic (exact) mass is 255 g/mol. The molecule has 0 aliphatic heterocycles. The van der Waals surface area contributed by atoms with Gasteiger partial charge in [-0.1, -0.05) is 42.5 Å². The third kappa shape index (κ3) is 3.38. The summed E-state index contributed by atoms with van der Waals surface area (Å²) in [5, 5.41) is 3.88. The number of primary amides is 1. The Labute approximate surface area is 110 Å². The summed E-state index contributed by atoms with van der Waals surface area (Å²) in [6.07, 6.45) is 3.68. The average molecular weight is 255 g/mol. The number of hydrogen-bond donors (Lipinski definition) is 1. The van der Waals surface area contributed by atoms with Gasteiger partial charge >= 0.3 is 0 Å². The first-order chi connectivity index (χ1) is 9.16. The molecule has 5 nitrogen and oxygen atoms in total. The number of amides is 1. The maximum absolute atomic E-state index is 11.6. The van der Waals surface area contributed by atoms with E-state index in [2.05, 4.69) is 5.10 Å². The summed E-state index contributed by atoms with van der Waals surface area (Å²) in [6, 6.07) is 12.3. The largest absolute Gasteiger partial charge is 0.364 e. The van der Waals surface area contributed by atoms with E-state index >= 15 is 0 Å². The molecule has 1 heterocycles. The standard InChI is InChI=1S/C14H13N3O2/c15-14(19)12-8-9-13(18)17(16-12)10-4-7-11-5-2-1-3-6-11/h1-9H,10H2,(H2,15,19). The van der Waals surface area contributed by atoms with Gasteiger partial charge in [0.15, 0.2) is 0 Å². The predicted molar refractivity (Wildman–Crippen MR) is 72.5 cm³/mol. The maximum Gasteiger partial charge on any atom is 0.269 e. The van der Waals surface area contributed by atoms with Crippen LogP contribution in [0.1, 0.15) is 16.1 Å². The van der Waals surface area contributed by atoms with E-state index in [0.29, 0.717) is 0 Å². The summed E-state index contributed by atoms with van der Waals surface area (Å²) in [5.74, 6) is -0.652. The van der Waals surface area contributed by atoms with Gasteiger partial charge in [0.2, 0.25) is 0 Å². The fourth-order valence-electron chi connectivity index (χ4n) is 1.56. The molecule has 96 valence electrons. The molecule has 2 aromatic rings. The third-order valence-electron chi connectivity index (χ3n) is 2.51. The Morgan fingerprint density at radius 2 is 1.95 bits per heavy atom. The molecule has 2 N–H and O–H groups in total. The van der Waals surface area contributed by atoms with Crippen molar-refractivity contribution < 1.29 is 4.79 Å². The molecule has 0 saturated carbocycles. The van der Waals surface area contributed by atoms with Crippen LogP contribution < -0.4 is 11.3 Å². The van der Waals surface area contributed by atoms with E-state index in [1.165, 1.54) is 16.8 Å². The van der Waals surface area contributed by atoms with Crippen molar-refractivity contribution >= 4 is 12.0 Å². The number of benzene rings is 1. The topological polar surface area (TPSA) is 78.0 Å². The molecule has 0 aliphatic rings. The van der Waals surface area contributed by atoms with Crippen molar-refractivity contribution in [1.29, 1.82) is 0 Å². The van der Waals surface area contributed by atoms with Crippen LogP contribution in [0.4, 0.5) is 0 Å². The van der Waals surface area contributed by atoms with Gasteiger partial charge in [0, 0.05) is 6.07 Å². The summed E-state index contributed by atoms with van der Waals surface area (Å²) >= 11 is 0. The lowest BCUT2D eigenvalue weighted by molar-refractivity contribution is 0.0993. The highest BCUT2D eigenvalue weighted by Gasteiger charge is 2.03. The van der Waals surface area contributed by atoms with Gasteiger partial charge in [0.05, 0.1) is 6.54 Å². The Morgan fingerprint density at radius 3 is 2.63 bits per heavy atom. The van der Waals surface area contributed by atoms with Gasteiger partial charge < -0.3 is 5.73 Å². The number of rotatable bonds is 4. The second-order valence-corrected chi connectivity index (χ2v) is 3.92. The molecule has 1 amide bonds. The normalized spacial score (nSPS) is 10.7. The Hall–Kier alpha value is -2.69. The van der Waals surface area contributed by atoms with Crippen molar-refractivity contribution in [2.75, 3.05) is 0 Å². The molecule has 0 bridgehead atoms. The summed E-state index contributed by atoms with van der Waals surface area (Å²) in [4.78, 5) is 22.5. The number of allylic oxidation sites excluding steroid dienone is 1. The smallest absolute Gasteiger partial charge is 0.269 e. The zero-order chi connectivity index (χ0) is 13.7. The van der Waals surface area contributed by atoms with Crippen molar-refractivity contribution in [3.8, 4) is 0 Å². The van der Waals surface area contributed by atoms with Crippen molar-refractivity contribution in [3.05, 3.63) is 70.2 Å². The van der Waals surface area contributed by atoms with E-state index < -0.39 is 5.91 Å². The van der Waals surface area contributed by atoms with Crippen molar-refractivity contribution in [1.82, 2.24) is 9.78 Å². The lowest BCUT2D eigenvalue weighted by Crippen LogP contribution is -2.25. The van der Waals surface area contributed by atoms with Gasteiger partial charge in [-0.15, -0.1) is 0 Å². The summed E-state index contributed by atoms with van der Waals surface area (Å²) in [5.41, 5.74) is 5.95. The third-order valence-corrected chi connectivity index (χ3v) is 2.51. The van der Waals surface area contributed by atoms with Crippen LogP contribution in [0.25, 0.3) is 6.08 Å². The van der Waals surface area contributed by atoms with Crippen LogP contribution in [0, 0.1) is 0 Å². The Bertz CT molecular complexity index is 660. The van der Waals surface area contributed by atoms with Gasteiger partial charge in [0.25, 0.3) is 11.5 Å². The van der Waals surface area contributed by atoms with Crippen molar-refractivity contribution in [2.24, 2.45) is 5.73 Å². The lowest BCUT2D eigenvalue weighted by atomic mass is 10.2. The average Bonchev–Trinajstić information content (AvgIpc) is 2.42. The van der Waals surface area contributed by atoms with Crippen LogP contribution in [0.5, 0.6) is 0 Å². The number of carbonyl (C=O) groups excluding carboxylic acids is 1. The maximum atomic E-state index is 11.6. The molecule has 5 heteroatoms. The molecule has 0 aliphatic carbocycles. The molecule has 0 atom stereocenters. The Morgan fingerprint density at radius 1 is 1.21 bits per heavy atom. The van der Waals surface area contributed by atoms with Crippen LogP contribution in [0.3, 0.4) is 0 Å². The molecule has 0 unspecified atom stereocenters. The summed E-state index contributed by atoms with van der Waals surface area (Å²) < 4.78 is 1.19. The van der Waals surface area contributed by atoms with Gasteiger partial charge in [-0.25, -0.2) is 4.68 Å². The highest BCUT2D eigenvalue weighted by Crippen LogP contribution is 2.00. The molecule has 0 spiro atoms. The molecule has 1 aromatic heterocycles. The molecule has 2 rings (SSSR count). The van der Waals surface area contributed by atoms with Gasteiger partial charge in [-0.2, -0.15) is 5.10 Å².